The van der Waals surface area contributed by atoms with Gasteiger partial charge >= 0.3 is 0 Å². The maximum absolute atomic E-state index is 10.6. The van der Waals surface area contributed by atoms with Gasteiger partial charge in [-0.3, -0.25) is 0 Å². The average molecular weight is 721 g/mol. The number of sulfonamides is 1. The Bertz CT molecular complexity index is 1670. The Morgan fingerprint density at radius 2 is 1.07 bits per heavy atom. The molecular formula is C29H37ClN2O11S3. The van der Waals surface area contributed by atoms with Crippen LogP contribution in [0.5, 0.6) is 0 Å². The molecule has 5 rings (SSSR count). The first-order chi connectivity index (χ1) is 21.5. The molecule has 254 valence electrons. The van der Waals surface area contributed by atoms with Crippen LogP contribution >= 0.6 is 10.7 Å². The van der Waals surface area contributed by atoms with Gasteiger partial charge in [-0.2, -0.15) is 0 Å². The molecule has 17 heteroatoms. The molecule has 5 heterocycles. The number of H-pyrrole nitrogens is 1. The Kier molecular flexibility index (Phi) is 17.3. The lowest BCUT2D eigenvalue weighted by atomic mass is 10.4. The molecule has 3 N–H and O–H groups in total. The number of pyridine rings is 1. The molecule has 0 saturated heterocycles. The Hall–Kier alpha value is -3.67. The van der Waals surface area contributed by atoms with E-state index >= 15 is 0 Å². The first kappa shape index (κ1) is 40.4. The van der Waals surface area contributed by atoms with Gasteiger partial charge in [0.25, 0.3) is 19.1 Å². The van der Waals surface area contributed by atoms with E-state index in [1.54, 1.807) is 25.3 Å². The molecule has 13 nitrogen and oxygen atoms in total. The average Bonchev–Trinajstić information content (AvgIpc) is 3.84. The quantitative estimate of drug-likeness (QED) is 0.167. The highest BCUT2D eigenvalue weighted by Crippen LogP contribution is 2.18. The van der Waals surface area contributed by atoms with Crippen LogP contribution < -0.4 is 10.1 Å². The van der Waals surface area contributed by atoms with E-state index in [0.717, 1.165) is 12.2 Å². The predicted molar refractivity (Wildman–Crippen MR) is 168 cm³/mol. The number of primary sulfonamides is 1. The maximum Gasteiger partial charge on any atom is 0.294 e. The number of aromatic amines is 1. The van der Waals surface area contributed by atoms with E-state index in [-0.39, 0.29) is 10.2 Å². The number of rotatable bonds is 7. The van der Waals surface area contributed by atoms with Crippen molar-refractivity contribution in [3.8, 4) is 0 Å². The van der Waals surface area contributed by atoms with Crippen LogP contribution in [-0.2, 0) is 54.9 Å². The third-order valence-electron chi connectivity index (χ3n) is 5.26. The first-order valence-electron chi connectivity index (χ1n) is 13.7. The van der Waals surface area contributed by atoms with Gasteiger partial charge in [0.15, 0.2) is 22.5 Å². The zero-order valence-corrected chi connectivity index (χ0v) is 28.8. The van der Waals surface area contributed by atoms with Crippen LogP contribution in [0.25, 0.3) is 0 Å². The maximum atomic E-state index is 10.6. The summed E-state index contributed by atoms with van der Waals surface area (Å²) in [4.78, 5) is 2.89. The highest BCUT2D eigenvalue weighted by Gasteiger charge is 2.14. The largest absolute Gasteiger partial charge is 0.742 e. The minimum Gasteiger partial charge on any atom is -0.742 e. The van der Waals surface area contributed by atoms with Crippen LogP contribution in [0.3, 0.4) is 0 Å². The summed E-state index contributed by atoms with van der Waals surface area (Å²) in [6.07, 6.45) is 8.34. The van der Waals surface area contributed by atoms with Gasteiger partial charge in [-0.15, -0.1) is 0 Å². The van der Waals surface area contributed by atoms with Crippen LogP contribution in [0.4, 0.5) is 0 Å². The molecule has 0 spiro atoms. The fourth-order valence-corrected chi connectivity index (χ4v) is 4.53. The fraction of sp³-hybridized carbons (Fsp3) is 0.276. The second-order valence-corrected chi connectivity index (χ2v) is 14.0. The summed E-state index contributed by atoms with van der Waals surface area (Å²) in [5, 5.41) is 3.94. The van der Waals surface area contributed by atoms with Crippen molar-refractivity contribution in [1.29, 1.82) is 0 Å². The Labute approximate surface area is 273 Å². The van der Waals surface area contributed by atoms with E-state index in [4.69, 9.17) is 33.5 Å². The summed E-state index contributed by atoms with van der Waals surface area (Å²) in [5.41, 5.74) is 0. The summed E-state index contributed by atoms with van der Waals surface area (Å²) in [5.74, 6) is 2.79. The zero-order chi connectivity index (χ0) is 34.8. The van der Waals surface area contributed by atoms with Crippen molar-refractivity contribution in [3.63, 3.8) is 0 Å². The van der Waals surface area contributed by atoms with E-state index in [1.165, 1.54) is 24.3 Å². The molecule has 0 aliphatic carbocycles. The molecule has 0 radical (unpaired) electrons. The molecule has 0 atom stereocenters. The molecule has 46 heavy (non-hydrogen) atoms. The van der Waals surface area contributed by atoms with Crippen molar-refractivity contribution < 1.29 is 52.5 Å². The normalized spacial score (nSPS) is 10.9. The third-order valence-corrected chi connectivity index (χ3v) is 7.91. The standard InChI is InChI=1S/C6H7ClO3S.C6H9NO3S.C6H8O4S.C6H8O.C5H5N/c3*1-2-5-3-4-6(10-5)11(7,8)9;1-2-6-4-3-5-7-6;1-2-4-6-5-3-1/h3-4H,2H2,1H3;3-4H,2H2,1H3,(H2,7,8,9);3-4H,2H2,1H3,(H,7,8,9);3-5H,2H2,1H3;1-5H. The van der Waals surface area contributed by atoms with Gasteiger partial charge in [0.05, 0.1) is 6.26 Å². The number of aryl methyl sites for hydroxylation is 4. The number of aromatic nitrogens is 1. The monoisotopic (exact) mass is 720 g/mol. The lowest BCUT2D eigenvalue weighted by Crippen LogP contribution is -2.10. The highest BCUT2D eigenvalue weighted by molar-refractivity contribution is 8.13. The summed E-state index contributed by atoms with van der Waals surface area (Å²) in [6.45, 7) is 7.61. The zero-order valence-electron chi connectivity index (χ0n) is 25.6. The van der Waals surface area contributed by atoms with E-state index in [9.17, 15) is 29.8 Å². The lowest BCUT2D eigenvalue weighted by Gasteiger charge is -2.00. The van der Waals surface area contributed by atoms with Crippen molar-refractivity contribution in [2.75, 3.05) is 0 Å². The number of hydrogen-bond donors (Lipinski definition) is 1. The van der Waals surface area contributed by atoms with Gasteiger partial charge in [-0.25, -0.2) is 35.4 Å². The van der Waals surface area contributed by atoms with Crippen LogP contribution in [0, 0.1) is 0 Å². The summed E-state index contributed by atoms with van der Waals surface area (Å²) in [7, 11) is -6.75. The predicted octanol–water partition coefficient (Wildman–Crippen LogP) is 5.35. The van der Waals surface area contributed by atoms with Gasteiger partial charge in [-0.05, 0) is 48.5 Å². The van der Waals surface area contributed by atoms with Crippen LogP contribution in [0.15, 0.2) is 118 Å². The second kappa shape index (κ2) is 19.8. The minimum atomic E-state index is -4.41. The van der Waals surface area contributed by atoms with Crippen LogP contribution in [0.1, 0.15) is 50.7 Å². The molecule has 0 amide bonds. The Morgan fingerprint density at radius 1 is 0.630 bits per heavy atom. The Balaban J connectivity index is 0.000000293. The smallest absolute Gasteiger partial charge is 0.294 e. The van der Waals surface area contributed by atoms with Crippen LogP contribution in [-0.4, -0.2) is 29.8 Å². The van der Waals surface area contributed by atoms with E-state index in [2.05, 4.69) is 11.9 Å². The third kappa shape index (κ3) is 16.1. The summed E-state index contributed by atoms with van der Waals surface area (Å²) < 4.78 is 92.9. The minimum absolute atomic E-state index is 0.172. The summed E-state index contributed by atoms with van der Waals surface area (Å²) >= 11 is 0. The summed E-state index contributed by atoms with van der Waals surface area (Å²) in [6, 6.07) is 18.3. The van der Waals surface area contributed by atoms with E-state index in [1.807, 2.05) is 56.6 Å². The number of halogens is 1. The molecule has 0 bridgehead atoms. The van der Waals surface area contributed by atoms with Crippen molar-refractivity contribution in [3.05, 3.63) is 108 Å². The fourth-order valence-electron chi connectivity index (χ4n) is 2.92. The molecule has 0 aliphatic rings. The molecule has 0 aromatic carbocycles. The number of nitrogens with two attached hydrogens (primary N) is 1. The number of furan rings is 4. The molecule has 0 saturated carbocycles. The van der Waals surface area contributed by atoms with E-state index in [0.29, 0.717) is 36.5 Å². The first-order valence-corrected chi connectivity index (χ1v) is 18.9. The molecule has 0 aliphatic heterocycles. The van der Waals surface area contributed by atoms with Crippen molar-refractivity contribution in [1.82, 2.24) is 0 Å². The lowest BCUT2D eigenvalue weighted by molar-refractivity contribution is -0.377. The van der Waals surface area contributed by atoms with Crippen molar-refractivity contribution in [2.24, 2.45) is 5.14 Å². The van der Waals surface area contributed by atoms with Gasteiger partial charge in [0.1, 0.15) is 23.0 Å². The SMILES string of the molecule is CCc1ccc(S(=O)(=O)Cl)o1.CCc1ccc(S(=O)(=O)[O-])o1.CCc1ccc(S(N)(=O)=O)o1.CCc1ccco1.c1cc[nH+]cc1. The molecule has 5 aromatic rings. The number of nitrogens with one attached hydrogen (secondary N) is 1. The van der Waals surface area contributed by atoms with Crippen LogP contribution in [0.2, 0.25) is 0 Å². The molecular weight excluding hydrogens is 684 g/mol. The van der Waals surface area contributed by atoms with Gasteiger partial charge in [0, 0.05) is 48.5 Å². The van der Waals surface area contributed by atoms with Gasteiger partial charge in [0.2, 0.25) is 15.3 Å². The van der Waals surface area contributed by atoms with Gasteiger partial charge < -0.3 is 22.2 Å². The Morgan fingerprint density at radius 3 is 1.28 bits per heavy atom. The second-order valence-electron chi connectivity index (χ2n) is 8.67. The van der Waals surface area contributed by atoms with Crippen molar-refractivity contribution >= 4 is 39.9 Å². The topological polar surface area (TPSA) is 218 Å². The van der Waals surface area contributed by atoms with Crippen molar-refractivity contribution in [2.45, 2.75) is 68.7 Å². The van der Waals surface area contributed by atoms with Gasteiger partial charge in [-0.1, -0.05) is 33.8 Å². The molecule has 0 fully saturated rings. The van der Waals surface area contributed by atoms with E-state index < -0.39 is 34.3 Å². The number of hydrogen-bond acceptors (Lipinski definition) is 11. The highest BCUT2D eigenvalue weighted by atomic mass is 35.7. The molecule has 0 unspecified atom stereocenters. The molecule has 5 aromatic heterocycles.